The average Bonchev–Trinajstić information content (AvgIpc) is 0.657. The molecule has 0 aliphatic carbocycles. The molecule has 0 spiro atoms. The summed E-state index contributed by atoms with van der Waals surface area (Å²) in [5.41, 5.74) is -23.2. The normalized spacial score (nSPS) is 52.8. The van der Waals surface area contributed by atoms with Gasteiger partial charge in [0.05, 0.1) is 134 Å². The number of rotatable bonds is 16. The lowest BCUT2D eigenvalue weighted by Gasteiger charge is -2.47. The van der Waals surface area contributed by atoms with Gasteiger partial charge in [-0.3, -0.25) is 24.5 Å². The molecular formula is C99H153N5O15. The first-order valence-electron chi connectivity index (χ1n) is 81.2. The van der Waals surface area contributed by atoms with Crippen molar-refractivity contribution in [3.8, 4) is 57.5 Å². The van der Waals surface area contributed by atoms with Crippen LogP contribution in [-0.4, -0.2) is 217 Å². The minimum absolute atomic E-state index is 0.117. The lowest BCUT2D eigenvalue weighted by atomic mass is 9.75. The van der Waals surface area contributed by atoms with Crippen LogP contribution in [0.4, 0.5) is 0 Å². The smallest absolute Gasteiger partial charge is 0.161 e. The molecule has 0 radical (unpaired) electrons. The predicted octanol–water partition coefficient (Wildman–Crippen LogP) is 16.7. The van der Waals surface area contributed by atoms with Gasteiger partial charge in [0.15, 0.2) is 57.5 Å². The van der Waals surface area contributed by atoms with Crippen LogP contribution in [0.3, 0.4) is 0 Å². The van der Waals surface area contributed by atoms with Crippen molar-refractivity contribution in [2.24, 2.45) is 57.0 Å². The summed E-state index contributed by atoms with van der Waals surface area (Å²) in [5.74, 6) is -25.4. The van der Waals surface area contributed by atoms with Crippen molar-refractivity contribution in [1.82, 2.24) is 24.5 Å². The maximum absolute atomic E-state index is 11.5. The largest absolute Gasteiger partial charge is 0.493 e. The first kappa shape index (κ1) is 30.8. The van der Waals surface area contributed by atoms with Crippen LogP contribution < -0.4 is 47.4 Å². The van der Waals surface area contributed by atoms with E-state index in [1.54, 1.807) is 13.8 Å². The maximum Gasteiger partial charge on any atom is 0.161 e. The van der Waals surface area contributed by atoms with Gasteiger partial charge in [-0.05, 0) is 269 Å². The van der Waals surface area contributed by atoms with E-state index in [1.807, 2.05) is 0 Å². The number of piperidine rings is 5. The molecular weight excluding hydrogens is 1500 g/mol. The standard InChI is InChI=1S/4C20H31NO3.C19H29NO3/c4*1-20(2,3)11-14-12-21-7-6-13-8-18(23-4)19(24-5)9-15(13)16(21)10-17(14)22;1-12(2)7-14-11-20-6-5-13-8-18(22-3)19(23-4)9-15(13)16(20)10-17(14)21/h4*8-9,14,16-17,22H,6-7,10-12H2,1-5H3;8-9,12,14,16-17,21H,5-7,10-11H2,1-4H3/i2*1D3,2D3,5D3,6D2,7D2,8D,9D,10D2,11D2,14D,17D;2*1D3,2D3,6D2,7D2,8D,9D,10D2,11D2,14D,17D;4D3,5D2,6D2,8D,9D,10D2,14D,17D. The van der Waals surface area contributed by atoms with E-state index in [0.717, 1.165) is 49.8 Å². The average molecular weight is 1740 g/mol. The van der Waals surface area contributed by atoms with E-state index in [9.17, 15) is 25.5 Å². The third-order valence-corrected chi connectivity index (χ3v) is 17.9. The fourth-order valence-corrected chi connectivity index (χ4v) is 12.9. The molecule has 20 heteroatoms. The minimum Gasteiger partial charge on any atom is -0.493 e. The molecule has 5 aromatic rings. The zero-order chi connectivity index (χ0) is 166. The van der Waals surface area contributed by atoms with Gasteiger partial charge in [-0.15, -0.1) is 0 Å². The molecule has 119 heavy (non-hydrogen) atoms. The molecule has 15 unspecified atom stereocenters. The van der Waals surface area contributed by atoms with Crippen molar-refractivity contribution < 1.29 is 198 Å². The molecule has 20 nitrogen and oxygen atoms in total. The highest BCUT2D eigenvalue weighted by atomic mass is 16.5. The second-order valence-corrected chi connectivity index (χ2v) is 28.1. The number of aliphatic hydroxyl groups is 5. The SMILES string of the molecule is [2H]c1c(OC([2H])([2H])[2H])c(OC)c([2H])c2c1C1N(CC([2H])(C([2H])([2H])C(C)(C([2H])([2H])[2H])C([2H])([2H])[2H])C([2H])(O)C1([2H])[2H])C([2H])([2H])C2([2H])[2H].[2H]c1c(OC([2H])([2H])[2H])c(OC)c([2H])c2c1C1N(CC([2H])(C([2H])([2H])C(C)(C([2H])([2H])[2H])C([2H])([2H])[2H])C([2H])(O)C1([2H])[2H])C([2H])([2H])C2([2H])[2H].[2H]c1c(OC([2H])([2H])[2H])c(OC)c([2H])c2c1C1N(CC([2H])(CC(C)C)C([2H])(O)C1([2H])[2H])C([2H])([2H])C2([2H])[2H].[2H]c1c(OC)c(OC)c([2H])c2c1C1N(CC([2H])(C([2H])([2H])C(C)(C([2H])([2H])[2H])C([2H])([2H])[2H])C([2H])(O)C1([2H])[2H])C([2H])([2H])C2([2H])[2H].[2H]c1c(OC)c(OC)c([2H])c2c1C1N(CC([2H])(C([2H])([2H])C(C)(C([2H])([2H])[2H])C([2H])([2H])[2H])C([2H])(O)C1([2H])[2H])C([2H])([2H])C2([2H])[2H]. The second-order valence-electron chi connectivity index (χ2n) is 28.1. The number of ether oxygens (including phenoxy) is 10. The number of hydrogen-bond acceptors (Lipinski definition) is 20. The molecule has 0 aromatic heterocycles. The van der Waals surface area contributed by atoms with Crippen molar-refractivity contribution in [1.29, 1.82) is 0 Å². The van der Waals surface area contributed by atoms with Crippen molar-refractivity contribution in [3.05, 3.63) is 116 Å². The summed E-state index contributed by atoms with van der Waals surface area (Å²) < 4.78 is 813. The molecule has 0 bridgehead atoms. The van der Waals surface area contributed by atoms with Gasteiger partial charge in [-0.1, -0.05) is 96.4 Å². The quantitative estimate of drug-likeness (QED) is 0.0622. The maximum atomic E-state index is 11.5. The van der Waals surface area contributed by atoms with Crippen LogP contribution in [-0.2, 0) is 31.9 Å². The van der Waals surface area contributed by atoms with E-state index in [2.05, 4.69) is 0 Å². The number of benzene rings is 5. The van der Waals surface area contributed by atoms with Crippen molar-refractivity contribution in [2.45, 2.75) is 253 Å². The van der Waals surface area contributed by atoms with Gasteiger partial charge < -0.3 is 72.9 Å². The van der Waals surface area contributed by atoms with Gasteiger partial charge in [-0.25, -0.2) is 0 Å². The highest BCUT2D eigenvalue weighted by Crippen LogP contribution is 2.52. The Labute approximate surface area is 843 Å². The van der Waals surface area contributed by atoms with E-state index >= 15 is 0 Å². The zero-order valence-electron chi connectivity index (χ0n) is 157. The molecule has 664 valence electrons. The first-order valence-corrected chi connectivity index (χ1v) is 35.7. The van der Waals surface area contributed by atoms with Crippen LogP contribution in [0.2, 0.25) is 0 Å². The summed E-state index contributed by atoms with van der Waals surface area (Å²) in [6.07, 6.45) is -71.4. The second kappa shape index (κ2) is 39.7. The molecule has 5 aromatic carbocycles. The molecule has 5 fully saturated rings. The van der Waals surface area contributed by atoms with Crippen molar-refractivity contribution >= 4 is 0 Å². The molecule has 10 heterocycles. The highest BCUT2D eigenvalue weighted by Gasteiger charge is 2.46. The Hall–Kier alpha value is -6.30. The fraction of sp³-hybridized carbons (Fsp3) is 0.697. The van der Waals surface area contributed by atoms with Crippen molar-refractivity contribution in [2.75, 3.05) is 136 Å². The summed E-state index contributed by atoms with van der Waals surface area (Å²) in [4.78, 5) is 1.38. The topological polar surface area (TPSA) is 210 Å². The Morgan fingerprint density at radius 3 is 0.706 bits per heavy atom. The van der Waals surface area contributed by atoms with Crippen molar-refractivity contribution in [3.63, 3.8) is 0 Å². The highest BCUT2D eigenvalue weighted by molar-refractivity contribution is 5.54. The fourth-order valence-electron chi connectivity index (χ4n) is 12.9. The molecule has 5 N–H and O–H groups in total. The molecule has 0 saturated carbocycles. The van der Waals surface area contributed by atoms with Crippen LogP contribution >= 0.6 is 0 Å². The molecule has 15 atom stereocenters. The lowest BCUT2D eigenvalue weighted by Crippen LogP contribution is -2.48. The molecule has 0 amide bonds. The summed E-state index contributed by atoms with van der Waals surface area (Å²) in [5, 5.41) is 57.2. The Morgan fingerprint density at radius 1 is 0.336 bits per heavy atom. The van der Waals surface area contributed by atoms with E-state index in [-0.39, 0.29) is 31.9 Å². The summed E-state index contributed by atoms with van der Waals surface area (Å²) >= 11 is 0. The molecule has 10 aliphatic heterocycles. The zero-order valence-corrected chi connectivity index (χ0v) is 66.3. The summed E-state index contributed by atoms with van der Waals surface area (Å²) in [6, 6.07) is -21.4. The Bertz CT molecular complexity index is 8110. The van der Waals surface area contributed by atoms with Crippen LogP contribution in [0, 0.1) is 57.0 Å². The van der Waals surface area contributed by atoms with Crippen LogP contribution in [0.5, 0.6) is 57.5 Å². The van der Waals surface area contributed by atoms with E-state index in [0.29, 0.717) is 32.6 Å². The first-order chi connectivity index (χ1) is 92.0. The Kier molecular flexibility index (Phi) is 10.3. The summed E-state index contributed by atoms with van der Waals surface area (Å²) in [7, 11) is -2.73. The molecule has 5 saturated heterocycles. The third-order valence-electron chi connectivity index (χ3n) is 17.9. The number of hydrogen-bond donors (Lipinski definition) is 5. The van der Waals surface area contributed by atoms with E-state index in [4.69, 9.17) is 172 Å². The Morgan fingerprint density at radius 2 is 0.521 bits per heavy atom. The van der Waals surface area contributed by atoms with Gasteiger partial charge >= 0.3 is 0 Å². The number of fused-ring (bicyclic) bond motifs is 15. The monoisotopic (exact) mass is 1740 g/mol. The number of methoxy groups -OCH3 is 10. The predicted molar refractivity (Wildman–Crippen MR) is 474 cm³/mol. The van der Waals surface area contributed by atoms with E-state index in [1.165, 1.54) is 0 Å². The lowest BCUT2D eigenvalue weighted by molar-refractivity contribution is -0.0259. The van der Waals surface area contributed by atoms with Crippen LogP contribution in [0.15, 0.2) is 60.4 Å². The van der Waals surface area contributed by atoms with Gasteiger partial charge in [0.2, 0.25) is 0 Å². The van der Waals surface area contributed by atoms with Crippen LogP contribution in [0.25, 0.3) is 0 Å². The Balaban J connectivity index is 0.000000241. The van der Waals surface area contributed by atoms with E-state index < -0.39 is 516 Å². The van der Waals surface area contributed by atoms with Gasteiger partial charge in [-0.2, -0.15) is 0 Å². The molecule has 10 aliphatic rings. The van der Waals surface area contributed by atoms with Gasteiger partial charge in [0.1, 0.15) is 0 Å². The van der Waals surface area contributed by atoms with Crippen LogP contribution in [0.1, 0.15) is 371 Å². The van der Waals surface area contributed by atoms with Gasteiger partial charge in [0.25, 0.3) is 0 Å². The van der Waals surface area contributed by atoms with Gasteiger partial charge in [0, 0.05) is 187 Å². The molecule has 15 rings (SSSR count). The third kappa shape index (κ3) is 22.8. The summed E-state index contributed by atoms with van der Waals surface area (Å²) in [6.45, 7) is -49.9. The number of nitrogens with zero attached hydrogens (tertiary/aromatic N) is 5. The minimum atomic E-state index is -4.20.